The van der Waals surface area contributed by atoms with Crippen LogP contribution in [0.2, 0.25) is 0 Å². The average molecular weight is 249 g/mol. The van der Waals surface area contributed by atoms with Crippen molar-refractivity contribution in [3.8, 4) is 5.75 Å². The van der Waals surface area contributed by atoms with Crippen LogP contribution in [0.5, 0.6) is 5.75 Å². The van der Waals surface area contributed by atoms with E-state index in [2.05, 4.69) is 11.4 Å². The summed E-state index contributed by atoms with van der Waals surface area (Å²) in [5.41, 5.74) is 1.26. The van der Waals surface area contributed by atoms with Gasteiger partial charge in [0.05, 0.1) is 6.61 Å². The Morgan fingerprint density at radius 2 is 2.28 bits per heavy atom. The van der Waals surface area contributed by atoms with Gasteiger partial charge in [-0.2, -0.15) is 0 Å². The summed E-state index contributed by atoms with van der Waals surface area (Å²) in [5, 5.41) is 11.9. The SMILES string of the molecule is O=C(O)CCCNCC1CCOc2ccccc21. The number of carbonyl (C=O) groups is 1. The molecule has 0 saturated heterocycles. The van der Waals surface area contributed by atoms with Crippen LogP contribution in [0.25, 0.3) is 0 Å². The molecular weight excluding hydrogens is 230 g/mol. The number of para-hydroxylation sites is 1. The molecule has 0 radical (unpaired) electrons. The second kappa shape index (κ2) is 6.40. The lowest BCUT2D eigenvalue weighted by Crippen LogP contribution is -2.26. The fourth-order valence-corrected chi connectivity index (χ4v) is 2.27. The number of aliphatic carboxylic acids is 1. The number of hydrogen-bond donors (Lipinski definition) is 2. The lowest BCUT2D eigenvalue weighted by molar-refractivity contribution is -0.137. The summed E-state index contributed by atoms with van der Waals surface area (Å²) in [6, 6.07) is 8.14. The van der Waals surface area contributed by atoms with Crippen molar-refractivity contribution in [3.05, 3.63) is 29.8 Å². The first-order valence-electron chi connectivity index (χ1n) is 6.41. The summed E-state index contributed by atoms with van der Waals surface area (Å²) in [6.45, 7) is 2.41. The lowest BCUT2D eigenvalue weighted by Gasteiger charge is -2.26. The fourth-order valence-electron chi connectivity index (χ4n) is 2.27. The van der Waals surface area contributed by atoms with E-state index < -0.39 is 5.97 Å². The third kappa shape index (κ3) is 3.47. The van der Waals surface area contributed by atoms with Gasteiger partial charge in [0, 0.05) is 18.9 Å². The summed E-state index contributed by atoms with van der Waals surface area (Å²) in [6.07, 6.45) is 1.93. The maximum Gasteiger partial charge on any atom is 0.303 e. The van der Waals surface area contributed by atoms with Gasteiger partial charge in [0.25, 0.3) is 0 Å². The molecule has 1 aliphatic rings. The van der Waals surface area contributed by atoms with Gasteiger partial charge in [0.15, 0.2) is 0 Å². The van der Waals surface area contributed by atoms with Crippen molar-refractivity contribution in [3.63, 3.8) is 0 Å². The van der Waals surface area contributed by atoms with Crippen molar-refractivity contribution in [2.24, 2.45) is 0 Å². The number of rotatable bonds is 6. The van der Waals surface area contributed by atoms with E-state index in [-0.39, 0.29) is 6.42 Å². The van der Waals surface area contributed by atoms with E-state index in [1.807, 2.05) is 18.2 Å². The zero-order valence-electron chi connectivity index (χ0n) is 10.4. The van der Waals surface area contributed by atoms with Gasteiger partial charge >= 0.3 is 5.97 Å². The quantitative estimate of drug-likeness (QED) is 0.757. The Bertz CT molecular complexity index is 406. The first-order chi connectivity index (χ1) is 8.77. The molecule has 0 aliphatic carbocycles. The normalized spacial score (nSPS) is 17.9. The predicted octanol–water partition coefficient (Wildman–Crippen LogP) is 2.01. The number of ether oxygens (including phenoxy) is 1. The molecule has 1 heterocycles. The van der Waals surface area contributed by atoms with Gasteiger partial charge in [-0.1, -0.05) is 18.2 Å². The summed E-state index contributed by atoms with van der Waals surface area (Å²) in [7, 11) is 0. The van der Waals surface area contributed by atoms with Gasteiger partial charge in [0.1, 0.15) is 5.75 Å². The number of carboxylic acids is 1. The summed E-state index contributed by atoms with van der Waals surface area (Å²) in [4.78, 5) is 10.4. The molecule has 1 atom stereocenters. The maximum absolute atomic E-state index is 10.4. The molecule has 0 fully saturated rings. The molecule has 4 nitrogen and oxygen atoms in total. The van der Waals surface area contributed by atoms with E-state index in [0.717, 1.165) is 31.9 Å². The molecule has 0 aromatic heterocycles. The van der Waals surface area contributed by atoms with Crippen LogP contribution in [0, 0.1) is 0 Å². The molecule has 0 bridgehead atoms. The smallest absolute Gasteiger partial charge is 0.303 e. The summed E-state index contributed by atoms with van der Waals surface area (Å²) < 4.78 is 5.61. The number of benzene rings is 1. The second-order valence-electron chi connectivity index (χ2n) is 4.57. The van der Waals surface area contributed by atoms with Crippen molar-refractivity contribution in [1.29, 1.82) is 0 Å². The third-order valence-electron chi connectivity index (χ3n) is 3.22. The van der Waals surface area contributed by atoms with Crippen LogP contribution in [0.4, 0.5) is 0 Å². The molecule has 0 spiro atoms. The first-order valence-corrected chi connectivity index (χ1v) is 6.41. The number of hydrogen-bond acceptors (Lipinski definition) is 3. The minimum absolute atomic E-state index is 0.233. The van der Waals surface area contributed by atoms with E-state index in [1.54, 1.807) is 0 Å². The average Bonchev–Trinajstić information content (AvgIpc) is 2.38. The number of nitrogens with one attached hydrogen (secondary N) is 1. The molecule has 0 amide bonds. The minimum atomic E-state index is -0.729. The Morgan fingerprint density at radius 3 is 3.11 bits per heavy atom. The van der Waals surface area contributed by atoms with Crippen LogP contribution in [0.3, 0.4) is 0 Å². The van der Waals surface area contributed by atoms with E-state index in [0.29, 0.717) is 12.3 Å². The lowest BCUT2D eigenvalue weighted by atomic mass is 9.93. The molecule has 1 aromatic rings. The Morgan fingerprint density at radius 1 is 1.44 bits per heavy atom. The van der Waals surface area contributed by atoms with Crippen LogP contribution in [0.15, 0.2) is 24.3 Å². The highest BCUT2D eigenvalue weighted by molar-refractivity contribution is 5.66. The van der Waals surface area contributed by atoms with Crippen molar-refractivity contribution in [1.82, 2.24) is 5.32 Å². The zero-order valence-corrected chi connectivity index (χ0v) is 10.4. The highest BCUT2D eigenvalue weighted by atomic mass is 16.5. The van der Waals surface area contributed by atoms with Crippen LogP contribution < -0.4 is 10.1 Å². The molecule has 0 saturated carbocycles. The molecular formula is C14H19NO3. The standard InChI is InChI=1S/C14H19NO3/c16-14(17)6-3-8-15-10-11-7-9-18-13-5-2-1-4-12(11)13/h1-2,4-5,11,15H,3,6-10H2,(H,16,17). The zero-order chi connectivity index (χ0) is 12.8. The molecule has 98 valence electrons. The minimum Gasteiger partial charge on any atom is -0.493 e. The Kier molecular flexibility index (Phi) is 4.59. The molecule has 1 aromatic carbocycles. The molecule has 1 unspecified atom stereocenters. The second-order valence-corrected chi connectivity index (χ2v) is 4.57. The van der Waals surface area contributed by atoms with Crippen molar-refractivity contribution in [2.75, 3.05) is 19.7 Å². The van der Waals surface area contributed by atoms with Gasteiger partial charge in [-0.3, -0.25) is 4.79 Å². The fraction of sp³-hybridized carbons (Fsp3) is 0.500. The Hall–Kier alpha value is -1.55. The summed E-state index contributed by atoms with van der Waals surface area (Å²) in [5.74, 6) is 0.731. The largest absolute Gasteiger partial charge is 0.493 e. The van der Waals surface area contributed by atoms with Gasteiger partial charge in [-0.25, -0.2) is 0 Å². The van der Waals surface area contributed by atoms with Crippen LogP contribution >= 0.6 is 0 Å². The Balaban J connectivity index is 1.79. The number of fused-ring (bicyclic) bond motifs is 1. The molecule has 2 rings (SSSR count). The first kappa shape index (κ1) is 12.9. The van der Waals surface area contributed by atoms with Gasteiger partial charge in [-0.15, -0.1) is 0 Å². The Labute approximate surface area is 107 Å². The maximum atomic E-state index is 10.4. The van der Waals surface area contributed by atoms with Crippen molar-refractivity contribution >= 4 is 5.97 Å². The predicted molar refractivity (Wildman–Crippen MR) is 69.0 cm³/mol. The highest BCUT2D eigenvalue weighted by Gasteiger charge is 2.20. The molecule has 2 N–H and O–H groups in total. The third-order valence-corrected chi connectivity index (χ3v) is 3.22. The van der Waals surface area contributed by atoms with Crippen molar-refractivity contribution in [2.45, 2.75) is 25.2 Å². The van der Waals surface area contributed by atoms with Crippen LogP contribution in [-0.2, 0) is 4.79 Å². The van der Waals surface area contributed by atoms with Crippen LogP contribution in [-0.4, -0.2) is 30.8 Å². The van der Waals surface area contributed by atoms with Gasteiger partial charge in [-0.05, 0) is 31.0 Å². The molecule has 4 heteroatoms. The molecule has 18 heavy (non-hydrogen) atoms. The monoisotopic (exact) mass is 249 g/mol. The van der Waals surface area contributed by atoms with Gasteiger partial charge in [0.2, 0.25) is 0 Å². The van der Waals surface area contributed by atoms with E-state index in [1.165, 1.54) is 5.56 Å². The number of carboxylic acid groups (broad SMARTS) is 1. The highest BCUT2D eigenvalue weighted by Crippen LogP contribution is 2.32. The van der Waals surface area contributed by atoms with Crippen molar-refractivity contribution < 1.29 is 14.6 Å². The van der Waals surface area contributed by atoms with E-state index >= 15 is 0 Å². The van der Waals surface area contributed by atoms with Crippen LogP contribution in [0.1, 0.15) is 30.7 Å². The van der Waals surface area contributed by atoms with E-state index in [4.69, 9.17) is 9.84 Å². The van der Waals surface area contributed by atoms with Gasteiger partial charge < -0.3 is 15.2 Å². The topological polar surface area (TPSA) is 58.6 Å². The summed E-state index contributed by atoms with van der Waals surface area (Å²) >= 11 is 0. The van der Waals surface area contributed by atoms with E-state index in [9.17, 15) is 4.79 Å². The molecule has 1 aliphatic heterocycles.